The van der Waals surface area contributed by atoms with E-state index in [0.717, 1.165) is 41.8 Å². The van der Waals surface area contributed by atoms with Gasteiger partial charge in [-0.1, -0.05) is 43.5 Å². The first-order chi connectivity index (χ1) is 16.6. The molecular weight excluding hydrogens is 430 g/mol. The Kier molecular flexibility index (Phi) is 6.61. The van der Waals surface area contributed by atoms with E-state index in [0.29, 0.717) is 38.0 Å². The molecule has 7 heteroatoms. The fourth-order valence-electron chi connectivity index (χ4n) is 5.40. The van der Waals surface area contributed by atoms with Crippen molar-refractivity contribution in [2.45, 2.75) is 51.3 Å². The molecule has 0 radical (unpaired) electrons. The number of carbonyl (C=O) groups is 2. The number of piperazine rings is 1. The molecule has 2 aromatic rings. The van der Waals surface area contributed by atoms with Gasteiger partial charge in [0.25, 0.3) is 5.91 Å². The number of nitrogens with zero attached hydrogens (tertiary/aromatic N) is 3. The summed E-state index contributed by atoms with van der Waals surface area (Å²) >= 11 is 0. The zero-order chi connectivity index (χ0) is 23.5. The van der Waals surface area contributed by atoms with Crippen LogP contribution in [0.3, 0.4) is 0 Å². The highest BCUT2D eigenvalue weighted by molar-refractivity contribution is 5.99. The second-order valence-electron chi connectivity index (χ2n) is 9.41. The number of benzene rings is 2. The minimum Gasteiger partial charge on any atom is -0.496 e. The van der Waals surface area contributed by atoms with Gasteiger partial charge < -0.3 is 24.2 Å². The van der Waals surface area contributed by atoms with Crippen molar-refractivity contribution in [1.82, 2.24) is 9.80 Å². The fourth-order valence-corrected chi connectivity index (χ4v) is 5.40. The van der Waals surface area contributed by atoms with Crippen molar-refractivity contribution >= 4 is 17.7 Å². The lowest BCUT2D eigenvalue weighted by atomic mass is 9.94. The highest BCUT2D eigenvalue weighted by Crippen LogP contribution is 2.33. The Morgan fingerprint density at radius 3 is 2.53 bits per heavy atom. The minimum absolute atomic E-state index is 0.183. The second kappa shape index (κ2) is 9.95. The SMILES string of the molecule is COc1ccccc1COC(=O)N1CCN(c2ccc3c(c2)C(=O)N(C2CCCCC2)C3)CC1. The molecule has 3 aliphatic rings. The van der Waals surface area contributed by atoms with E-state index in [-0.39, 0.29) is 18.6 Å². The number of methoxy groups -OCH3 is 1. The first-order valence-electron chi connectivity index (χ1n) is 12.4. The third-order valence-electron chi connectivity index (χ3n) is 7.39. The minimum atomic E-state index is -0.308. The molecule has 34 heavy (non-hydrogen) atoms. The Labute approximate surface area is 201 Å². The molecule has 2 heterocycles. The third-order valence-corrected chi connectivity index (χ3v) is 7.39. The molecule has 2 fully saturated rings. The van der Waals surface area contributed by atoms with Crippen LogP contribution in [0.25, 0.3) is 0 Å². The van der Waals surface area contributed by atoms with E-state index in [9.17, 15) is 9.59 Å². The van der Waals surface area contributed by atoms with E-state index in [1.165, 1.54) is 19.3 Å². The van der Waals surface area contributed by atoms with Crippen LogP contribution in [0, 0.1) is 0 Å². The van der Waals surface area contributed by atoms with Crippen LogP contribution >= 0.6 is 0 Å². The number of anilines is 1. The quantitative estimate of drug-likeness (QED) is 0.656. The maximum atomic E-state index is 13.1. The van der Waals surface area contributed by atoms with E-state index in [4.69, 9.17) is 9.47 Å². The summed E-state index contributed by atoms with van der Waals surface area (Å²) in [6.45, 7) is 3.53. The Balaban J connectivity index is 1.16. The highest BCUT2D eigenvalue weighted by Gasteiger charge is 2.34. The molecule has 5 rings (SSSR count). The van der Waals surface area contributed by atoms with Crippen LogP contribution in [0.4, 0.5) is 10.5 Å². The van der Waals surface area contributed by atoms with Crippen LogP contribution in [0.5, 0.6) is 5.75 Å². The van der Waals surface area contributed by atoms with Gasteiger partial charge in [-0.3, -0.25) is 4.79 Å². The van der Waals surface area contributed by atoms with E-state index in [1.807, 2.05) is 24.3 Å². The van der Waals surface area contributed by atoms with Gasteiger partial charge in [0.15, 0.2) is 0 Å². The molecule has 180 valence electrons. The van der Waals surface area contributed by atoms with Gasteiger partial charge in [-0.05, 0) is 36.6 Å². The molecule has 0 spiro atoms. The van der Waals surface area contributed by atoms with Crippen molar-refractivity contribution in [2.75, 3.05) is 38.2 Å². The first-order valence-corrected chi connectivity index (χ1v) is 12.4. The molecule has 0 aromatic heterocycles. The number of carbonyl (C=O) groups excluding carboxylic acids is 2. The summed E-state index contributed by atoms with van der Waals surface area (Å²) in [6, 6.07) is 14.2. The molecule has 0 atom stereocenters. The van der Waals surface area contributed by atoms with Crippen molar-refractivity contribution in [3.63, 3.8) is 0 Å². The monoisotopic (exact) mass is 463 g/mol. The maximum absolute atomic E-state index is 13.1. The number of para-hydroxylation sites is 1. The van der Waals surface area contributed by atoms with Gasteiger partial charge in [0.05, 0.1) is 7.11 Å². The van der Waals surface area contributed by atoms with Crippen molar-refractivity contribution in [3.8, 4) is 5.75 Å². The number of fused-ring (bicyclic) bond motifs is 1. The van der Waals surface area contributed by atoms with Gasteiger partial charge in [0.1, 0.15) is 12.4 Å². The molecule has 1 saturated carbocycles. The number of hydrogen-bond donors (Lipinski definition) is 0. The zero-order valence-electron chi connectivity index (χ0n) is 19.9. The van der Waals surface area contributed by atoms with Gasteiger partial charge in [-0.15, -0.1) is 0 Å². The molecule has 0 N–H and O–H groups in total. The smallest absolute Gasteiger partial charge is 0.410 e. The second-order valence-corrected chi connectivity index (χ2v) is 9.41. The van der Waals surface area contributed by atoms with Gasteiger partial charge in [0, 0.05) is 55.6 Å². The van der Waals surface area contributed by atoms with E-state index in [1.54, 1.807) is 12.0 Å². The summed E-state index contributed by atoms with van der Waals surface area (Å²) in [5.74, 6) is 0.899. The third kappa shape index (κ3) is 4.56. The summed E-state index contributed by atoms with van der Waals surface area (Å²) in [5.41, 5.74) is 3.89. The Morgan fingerprint density at radius 2 is 1.76 bits per heavy atom. The molecule has 2 amide bonds. The van der Waals surface area contributed by atoms with Crippen LogP contribution in [-0.4, -0.2) is 61.1 Å². The van der Waals surface area contributed by atoms with Gasteiger partial charge in [-0.2, -0.15) is 0 Å². The number of rotatable bonds is 5. The fraction of sp³-hybridized carbons (Fsp3) is 0.481. The Bertz CT molecular complexity index is 1040. The Morgan fingerprint density at radius 1 is 1.00 bits per heavy atom. The lowest BCUT2D eigenvalue weighted by molar-refractivity contribution is 0.0660. The molecular formula is C27H33N3O4. The first kappa shape index (κ1) is 22.6. The molecule has 1 saturated heterocycles. The van der Waals surface area contributed by atoms with Crippen LogP contribution in [0.1, 0.15) is 53.6 Å². The standard InChI is InChI=1S/C27H33N3O4/c1-33-25-10-6-5-7-21(25)19-34-27(32)29-15-13-28(14-16-29)23-12-11-20-18-30(26(31)24(20)17-23)22-8-3-2-4-9-22/h5-7,10-12,17,22H,2-4,8-9,13-16,18-19H2,1H3. The molecule has 2 aliphatic heterocycles. The van der Waals surface area contributed by atoms with Crippen molar-refractivity contribution < 1.29 is 19.1 Å². The number of ether oxygens (including phenoxy) is 2. The van der Waals surface area contributed by atoms with E-state index in [2.05, 4.69) is 28.0 Å². The van der Waals surface area contributed by atoms with E-state index < -0.39 is 0 Å². The zero-order valence-corrected chi connectivity index (χ0v) is 19.9. The summed E-state index contributed by atoms with van der Waals surface area (Å²) in [6.07, 6.45) is 5.68. The lowest BCUT2D eigenvalue weighted by Crippen LogP contribution is -2.49. The predicted molar refractivity (Wildman–Crippen MR) is 130 cm³/mol. The number of hydrogen-bond acceptors (Lipinski definition) is 5. The molecule has 0 bridgehead atoms. The van der Waals surface area contributed by atoms with Crippen molar-refractivity contribution in [2.24, 2.45) is 0 Å². The van der Waals surface area contributed by atoms with Crippen molar-refractivity contribution in [1.29, 1.82) is 0 Å². The van der Waals surface area contributed by atoms with Crippen LogP contribution in [0.15, 0.2) is 42.5 Å². The predicted octanol–water partition coefficient (Wildman–Crippen LogP) is 4.44. The van der Waals surface area contributed by atoms with Gasteiger partial charge >= 0.3 is 6.09 Å². The summed E-state index contributed by atoms with van der Waals surface area (Å²) in [5, 5.41) is 0. The summed E-state index contributed by atoms with van der Waals surface area (Å²) in [7, 11) is 1.61. The molecule has 2 aromatic carbocycles. The van der Waals surface area contributed by atoms with Crippen LogP contribution < -0.4 is 9.64 Å². The van der Waals surface area contributed by atoms with Crippen LogP contribution in [0.2, 0.25) is 0 Å². The summed E-state index contributed by atoms with van der Waals surface area (Å²) in [4.78, 5) is 31.8. The van der Waals surface area contributed by atoms with Crippen LogP contribution in [-0.2, 0) is 17.9 Å². The maximum Gasteiger partial charge on any atom is 0.410 e. The lowest BCUT2D eigenvalue weighted by Gasteiger charge is -2.35. The molecule has 7 nitrogen and oxygen atoms in total. The van der Waals surface area contributed by atoms with Gasteiger partial charge in [0.2, 0.25) is 0 Å². The number of amides is 2. The molecule has 1 aliphatic carbocycles. The topological polar surface area (TPSA) is 62.3 Å². The average Bonchev–Trinajstić information content (AvgIpc) is 3.23. The van der Waals surface area contributed by atoms with E-state index >= 15 is 0 Å². The summed E-state index contributed by atoms with van der Waals surface area (Å²) < 4.78 is 10.9. The largest absolute Gasteiger partial charge is 0.496 e. The Hall–Kier alpha value is -3.22. The van der Waals surface area contributed by atoms with Gasteiger partial charge in [-0.25, -0.2) is 4.79 Å². The normalized spacial score (nSPS) is 18.7. The average molecular weight is 464 g/mol. The van der Waals surface area contributed by atoms with Crippen molar-refractivity contribution in [3.05, 3.63) is 59.2 Å². The molecule has 0 unspecified atom stereocenters. The highest BCUT2D eigenvalue weighted by atomic mass is 16.6.